The van der Waals surface area contributed by atoms with Crippen molar-refractivity contribution < 1.29 is 9.90 Å². The van der Waals surface area contributed by atoms with Gasteiger partial charge in [-0.3, -0.25) is 0 Å². The molecule has 0 atom stereocenters. The second-order valence-corrected chi connectivity index (χ2v) is 5.36. The molecule has 2 aromatic rings. The van der Waals surface area contributed by atoms with E-state index in [9.17, 15) is 4.79 Å². The predicted molar refractivity (Wildman–Crippen MR) is 73.8 cm³/mol. The van der Waals surface area contributed by atoms with E-state index in [1.54, 1.807) is 5.38 Å². The standard InChI is InChI=1S/C12H11BrN2O2S/c13-10-4-2-1-3-8(10)5-14-6-9-7-18-11(15-9)12(16)17/h1-4,7,14H,5-6H2,(H,16,17). The van der Waals surface area contributed by atoms with Gasteiger partial charge < -0.3 is 10.4 Å². The van der Waals surface area contributed by atoms with Crippen molar-refractivity contribution in [2.24, 2.45) is 0 Å². The van der Waals surface area contributed by atoms with Crippen molar-refractivity contribution in [3.8, 4) is 0 Å². The number of thiazole rings is 1. The smallest absolute Gasteiger partial charge is 0.365 e. The molecule has 2 N–H and O–H groups in total. The molecule has 0 fully saturated rings. The van der Waals surface area contributed by atoms with Crippen LogP contribution in [0.25, 0.3) is 0 Å². The van der Waals surface area contributed by atoms with E-state index in [0.29, 0.717) is 13.1 Å². The molecule has 0 radical (unpaired) electrons. The fourth-order valence-electron chi connectivity index (χ4n) is 1.45. The Balaban J connectivity index is 1.88. The van der Waals surface area contributed by atoms with Gasteiger partial charge in [-0.1, -0.05) is 34.1 Å². The van der Waals surface area contributed by atoms with Gasteiger partial charge in [0.2, 0.25) is 5.01 Å². The third-order valence-corrected chi connectivity index (χ3v) is 3.97. The van der Waals surface area contributed by atoms with Crippen molar-refractivity contribution >= 4 is 33.2 Å². The molecule has 4 nitrogen and oxygen atoms in total. The number of carboxylic acid groups (broad SMARTS) is 1. The quantitative estimate of drug-likeness (QED) is 0.886. The highest BCUT2D eigenvalue weighted by Gasteiger charge is 2.08. The molecule has 0 aliphatic rings. The van der Waals surface area contributed by atoms with Gasteiger partial charge in [-0.2, -0.15) is 0 Å². The maximum atomic E-state index is 10.7. The Morgan fingerprint density at radius 3 is 2.83 bits per heavy atom. The maximum Gasteiger partial charge on any atom is 0.365 e. The molecule has 0 aliphatic carbocycles. The number of halogens is 1. The number of aromatic nitrogens is 1. The van der Waals surface area contributed by atoms with E-state index in [0.717, 1.165) is 27.1 Å². The topological polar surface area (TPSA) is 62.2 Å². The largest absolute Gasteiger partial charge is 0.476 e. The van der Waals surface area contributed by atoms with Crippen molar-refractivity contribution in [1.29, 1.82) is 0 Å². The summed E-state index contributed by atoms with van der Waals surface area (Å²) in [7, 11) is 0. The van der Waals surface area contributed by atoms with Crippen LogP contribution < -0.4 is 5.32 Å². The zero-order valence-corrected chi connectivity index (χ0v) is 11.8. The molecular formula is C12H11BrN2O2S. The minimum atomic E-state index is -0.975. The molecule has 2 rings (SSSR count). The number of benzene rings is 1. The highest BCUT2D eigenvalue weighted by molar-refractivity contribution is 9.10. The van der Waals surface area contributed by atoms with Crippen LogP contribution in [0.4, 0.5) is 0 Å². The van der Waals surface area contributed by atoms with Crippen LogP contribution in [-0.2, 0) is 13.1 Å². The van der Waals surface area contributed by atoms with Gasteiger partial charge >= 0.3 is 5.97 Å². The minimum absolute atomic E-state index is 0.132. The fraction of sp³-hybridized carbons (Fsp3) is 0.167. The van der Waals surface area contributed by atoms with Crippen molar-refractivity contribution in [3.05, 3.63) is 50.4 Å². The third kappa shape index (κ3) is 3.38. The van der Waals surface area contributed by atoms with E-state index in [1.165, 1.54) is 0 Å². The predicted octanol–water partition coefficient (Wildman–Crippen LogP) is 2.89. The molecule has 18 heavy (non-hydrogen) atoms. The molecule has 1 aromatic heterocycles. The Hall–Kier alpha value is -1.24. The molecule has 0 unspecified atom stereocenters. The third-order valence-electron chi connectivity index (χ3n) is 2.31. The van der Waals surface area contributed by atoms with Crippen LogP contribution in [0.15, 0.2) is 34.1 Å². The summed E-state index contributed by atoms with van der Waals surface area (Å²) in [5.41, 5.74) is 1.91. The van der Waals surface area contributed by atoms with Gasteiger partial charge in [0.1, 0.15) is 0 Å². The minimum Gasteiger partial charge on any atom is -0.476 e. The molecule has 0 saturated heterocycles. The lowest BCUT2D eigenvalue weighted by molar-refractivity contribution is 0.0696. The Kier molecular flexibility index (Phi) is 4.46. The lowest BCUT2D eigenvalue weighted by atomic mass is 10.2. The lowest BCUT2D eigenvalue weighted by Crippen LogP contribution is -2.13. The zero-order chi connectivity index (χ0) is 13.0. The number of carboxylic acids is 1. The monoisotopic (exact) mass is 326 g/mol. The number of nitrogens with one attached hydrogen (secondary N) is 1. The highest BCUT2D eigenvalue weighted by atomic mass is 79.9. The van der Waals surface area contributed by atoms with Gasteiger partial charge in [-0.25, -0.2) is 9.78 Å². The molecule has 1 aromatic carbocycles. The summed E-state index contributed by atoms with van der Waals surface area (Å²) in [5, 5.41) is 13.9. The summed E-state index contributed by atoms with van der Waals surface area (Å²) >= 11 is 4.62. The molecular weight excluding hydrogens is 316 g/mol. The number of rotatable bonds is 5. The second-order valence-electron chi connectivity index (χ2n) is 3.64. The van der Waals surface area contributed by atoms with Crippen molar-refractivity contribution in [1.82, 2.24) is 10.3 Å². The Morgan fingerprint density at radius 2 is 2.17 bits per heavy atom. The average Bonchev–Trinajstić information content (AvgIpc) is 2.80. The van der Waals surface area contributed by atoms with Crippen LogP contribution in [0.1, 0.15) is 21.1 Å². The van der Waals surface area contributed by atoms with Gasteiger partial charge in [0.15, 0.2) is 0 Å². The van der Waals surface area contributed by atoms with Crippen LogP contribution in [-0.4, -0.2) is 16.1 Å². The first kappa shape index (κ1) is 13.2. The van der Waals surface area contributed by atoms with Gasteiger partial charge in [0.05, 0.1) is 5.69 Å². The lowest BCUT2D eigenvalue weighted by Gasteiger charge is -2.05. The van der Waals surface area contributed by atoms with Crippen LogP contribution in [0.3, 0.4) is 0 Å². The van der Waals surface area contributed by atoms with E-state index < -0.39 is 5.97 Å². The Bertz CT molecular complexity index is 557. The van der Waals surface area contributed by atoms with Gasteiger partial charge in [-0.15, -0.1) is 11.3 Å². The molecule has 6 heteroatoms. The van der Waals surface area contributed by atoms with Crippen LogP contribution in [0.2, 0.25) is 0 Å². The maximum absolute atomic E-state index is 10.7. The fourth-order valence-corrected chi connectivity index (χ4v) is 2.53. The Morgan fingerprint density at radius 1 is 1.39 bits per heavy atom. The number of hydrogen-bond acceptors (Lipinski definition) is 4. The van der Waals surface area contributed by atoms with Crippen LogP contribution in [0.5, 0.6) is 0 Å². The summed E-state index contributed by atoms with van der Waals surface area (Å²) in [6, 6.07) is 7.96. The average molecular weight is 327 g/mol. The number of hydrogen-bond donors (Lipinski definition) is 2. The van der Waals surface area contributed by atoms with E-state index in [2.05, 4.69) is 26.2 Å². The van der Waals surface area contributed by atoms with E-state index >= 15 is 0 Å². The van der Waals surface area contributed by atoms with E-state index in [-0.39, 0.29) is 5.01 Å². The first-order chi connectivity index (χ1) is 8.66. The number of nitrogens with zero attached hydrogens (tertiary/aromatic N) is 1. The summed E-state index contributed by atoms with van der Waals surface area (Å²) in [4.78, 5) is 14.7. The molecule has 1 heterocycles. The van der Waals surface area contributed by atoms with E-state index in [1.807, 2.05) is 24.3 Å². The Labute approximate surface area is 117 Å². The first-order valence-electron chi connectivity index (χ1n) is 5.28. The van der Waals surface area contributed by atoms with Gasteiger partial charge in [-0.05, 0) is 11.6 Å². The van der Waals surface area contributed by atoms with Crippen molar-refractivity contribution in [3.63, 3.8) is 0 Å². The molecule has 0 bridgehead atoms. The molecule has 0 aliphatic heterocycles. The van der Waals surface area contributed by atoms with Crippen LogP contribution in [0, 0.1) is 0 Å². The van der Waals surface area contributed by atoms with Crippen molar-refractivity contribution in [2.75, 3.05) is 0 Å². The highest BCUT2D eigenvalue weighted by Crippen LogP contribution is 2.15. The van der Waals surface area contributed by atoms with E-state index in [4.69, 9.17) is 5.11 Å². The molecule has 94 valence electrons. The number of carbonyl (C=O) groups is 1. The number of aromatic carboxylic acids is 1. The molecule has 0 amide bonds. The molecule has 0 saturated carbocycles. The zero-order valence-electron chi connectivity index (χ0n) is 9.39. The van der Waals surface area contributed by atoms with Crippen LogP contribution >= 0.6 is 27.3 Å². The van der Waals surface area contributed by atoms with Gasteiger partial charge in [0, 0.05) is 22.9 Å². The summed E-state index contributed by atoms with van der Waals surface area (Å²) in [6.07, 6.45) is 0. The summed E-state index contributed by atoms with van der Waals surface area (Å²) in [5.74, 6) is -0.975. The SMILES string of the molecule is O=C(O)c1nc(CNCc2ccccc2Br)cs1. The molecule has 0 spiro atoms. The van der Waals surface area contributed by atoms with Gasteiger partial charge in [0.25, 0.3) is 0 Å². The first-order valence-corrected chi connectivity index (χ1v) is 6.96. The second kappa shape index (κ2) is 6.08. The summed E-state index contributed by atoms with van der Waals surface area (Å²) in [6.45, 7) is 1.27. The van der Waals surface area contributed by atoms with Crippen molar-refractivity contribution in [2.45, 2.75) is 13.1 Å². The summed E-state index contributed by atoms with van der Waals surface area (Å²) < 4.78 is 1.06. The normalized spacial score (nSPS) is 10.5.